The lowest BCUT2D eigenvalue weighted by Gasteiger charge is -2.17. The van der Waals surface area contributed by atoms with Crippen LogP contribution < -0.4 is 32.8 Å². The molecule has 0 nitrogen and oxygen atoms in total. The van der Waals surface area contributed by atoms with Crippen LogP contribution in [0.4, 0.5) is 0 Å². The van der Waals surface area contributed by atoms with Crippen molar-refractivity contribution in [2.24, 2.45) is 0 Å². The Balaban J connectivity index is 1.05. The van der Waals surface area contributed by atoms with E-state index in [-0.39, 0.29) is 13.4 Å². The molecular weight excluding hydrogens is 574 g/mol. The van der Waals surface area contributed by atoms with E-state index >= 15 is 0 Å². The van der Waals surface area contributed by atoms with Gasteiger partial charge in [0.25, 0.3) is 0 Å². The van der Waals surface area contributed by atoms with Crippen LogP contribution in [0.15, 0.2) is 194 Å². The Labute approximate surface area is 284 Å². The molecule has 0 bridgehead atoms. The Hall–Kier alpha value is -5.85. The van der Waals surface area contributed by atoms with Gasteiger partial charge in [-0.1, -0.05) is 239 Å². The zero-order valence-corrected chi connectivity index (χ0v) is 26.8. The molecule has 0 unspecified atom stereocenters. The summed E-state index contributed by atoms with van der Waals surface area (Å²) in [4.78, 5) is 0. The van der Waals surface area contributed by atoms with Crippen LogP contribution in [0.2, 0.25) is 0 Å². The van der Waals surface area contributed by atoms with Crippen molar-refractivity contribution in [3.05, 3.63) is 205 Å². The lowest BCUT2D eigenvalue weighted by Crippen LogP contribution is -2.51. The van der Waals surface area contributed by atoms with Gasteiger partial charge in [0, 0.05) is 0 Å². The number of fused-ring (bicyclic) bond motifs is 2. The molecule has 0 fully saturated rings. The van der Waals surface area contributed by atoms with Crippen molar-refractivity contribution < 1.29 is 0 Å². The number of hydrogen-bond donors (Lipinski definition) is 0. The topological polar surface area (TPSA) is 0 Å². The highest BCUT2D eigenvalue weighted by Gasteiger charge is 2.23. The number of benzene rings is 8. The third-order valence-corrected chi connectivity index (χ3v) is 9.49. The van der Waals surface area contributed by atoms with E-state index in [0.717, 1.165) is 0 Å². The summed E-state index contributed by atoms with van der Waals surface area (Å²) < 4.78 is 0. The van der Waals surface area contributed by atoms with Crippen LogP contribution in [0.5, 0.6) is 0 Å². The molecule has 2 heteroatoms. The van der Waals surface area contributed by atoms with Crippen molar-refractivity contribution in [2.75, 3.05) is 0 Å². The fourth-order valence-electron chi connectivity index (χ4n) is 7.01. The average Bonchev–Trinajstić information content (AvgIpc) is 3.16. The summed E-state index contributed by atoms with van der Waals surface area (Å²) in [6.07, 6.45) is 4.43. The summed E-state index contributed by atoms with van der Waals surface area (Å²) in [5.74, 6) is 0. The minimum absolute atomic E-state index is 0.168. The first-order valence-corrected chi connectivity index (χ1v) is 16.7. The smallest absolute Gasteiger partial charge is 0.0687 e. The SMILES string of the molecule is C(=Cc1ccc(B(c2ccccc2)c2ccc3ccccc3c2)cc1)c1ccc(B(c2ccccc2)c2ccc3ccccc3c2)cc1. The number of rotatable bonds is 8. The summed E-state index contributed by atoms with van der Waals surface area (Å²) in [5.41, 5.74) is 10.2. The van der Waals surface area contributed by atoms with E-state index in [1.165, 1.54) is 65.4 Å². The molecule has 0 aliphatic carbocycles. The van der Waals surface area contributed by atoms with E-state index in [2.05, 4.69) is 206 Å². The van der Waals surface area contributed by atoms with Crippen LogP contribution in [0, 0.1) is 0 Å². The van der Waals surface area contributed by atoms with E-state index in [4.69, 9.17) is 0 Å². The zero-order chi connectivity index (χ0) is 32.1. The van der Waals surface area contributed by atoms with Crippen molar-refractivity contribution in [1.82, 2.24) is 0 Å². The Bertz CT molecular complexity index is 2160. The highest BCUT2D eigenvalue weighted by Crippen LogP contribution is 2.14. The molecule has 0 atom stereocenters. The predicted octanol–water partition coefficient (Wildman–Crippen LogP) is 7.20. The van der Waals surface area contributed by atoms with Gasteiger partial charge in [0.05, 0.1) is 0 Å². The Morgan fingerprint density at radius 3 is 0.958 bits per heavy atom. The number of hydrogen-bond acceptors (Lipinski definition) is 0. The van der Waals surface area contributed by atoms with Gasteiger partial charge in [0.15, 0.2) is 0 Å². The monoisotopic (exact) mass is 608 g/mol. The summed E-state index contributed by atoms with van der Waals surface area (Å²) >= 11 is 0. The molecule has 0 N–H and O–H groups in total. The fourth-order valence-corrected chi connectivity index (χ4v) is 7.01. The van der Waals surface area contributed by atoms with Gasteiger partial charge in [-0.05, 0) is 32.7 Å². The Kier molecular flexibility index (Phi) is 8.30. The first kappa shape index (κ1) is 29.5. The quantitative estimate of drug-likeness (QED) is 0.127. The van der Waals surface area contributed by atoms with Crippen LogP contribution in [0.25, 0.3) is 33.7 Å². The van der Waals surface area contributed by atoms with E-state index in [1.54, 1.807) is 0 Å². The molecule has 8 rings (SSSR count). The van der Waals surface area contributed by atoms with Gasteiger partial charge in [-0.15, -0.1) is 0 Å². The van der Waals surface area contributed by atoms with Crippen LogP contribution in [-0.4, -0.2) is 13.4 Å². The summed E-state index contributed by atoms with van der Waals surface area (Å²) in [6, 6.07) is 70.7. The molecule has 0 aliphatic rings. The molecule has 224 valence electrons. The largest absolute Gasteiger partial charge is 0.241 e. The molecule has 0 saturated heterocycles. The minimum atomic E-state index is 0.168. The van der Waals surface area contributed by atoms with E-state index < -0.39 is 0 Å². The maximum absolute atomic E-state index is 2.34. The maximum atomic E-state index is 2.34. The standard InChI is InChI=1S/C46H34B2/c1-3-15-41(16-4-1)47(45-31-25-37-11-7-9-13-39(37)33-45)43-27-21-35(22-28-43)19-20-36-23-29-44(30-24-36)48(42-17-5-2-6-18-42)46-32-26-38-12-8-10-14-40(38)34-46/h1-34H. The molecular formula is C46H34B2. The van der Waals surface area contributed by atoms with Crippen LogP contribution >= 0.6 is 0 Å². The second-order valence-electron chi connectivity index (χ2n) is 12.6. The van der Waals surface area contributed by atoms with Gasteiger partial charge in [-0.2, -0.15) is 0 Å². The first-order valence-electron chi connectivity index (χ1n) is 16.7. The molecule has 48 heavy (non-hydrogen) atoms. The van der Waals surface area contributed by atoms with Gasteiger partial charge in [-0.3, -0.25) is 0 Å². The molecule has 0 aliphatic heterocycles. The molecule has 0 amide bonds. The van der Waals surface area contributed by atoms with Crippen molar-refractivity contribution in [1.29, 1.82) is 0 Å². The molecule has 0 aromatic heterocycles. The normalized spacial score (nSPS) is 11.2. The Morgan fingerprint density at radius 1 is 0.250 bits per heavy atom. The average molecular weight is 608 g/mol. The predicted molar refractivity (Wildman–Crippen MR) is 212 cm³/mol. The van der Waals surface area contributed by atoms with Crippen molar-refractivity contribution in [3.63, 3.8) is 0 Å². The first-order chi connectivity index (χ1) is 23.8. The highest BCUT2D eigenvalue weighted by atomic mass is 14.0. The van der Waals surface area contributed by atoms with Gasteiger partial charge in [-0.25, -0.2) is 0 Å². The fraction of sp³-hybridized carbons (Fsp3) is 0. The summed E-state index contributed by atoms with van der Waals surface area (Å²) in [7, 11) is 0. The van der Waals surface area contributed by atoms with Crippen molar-refractivity contribution in [3.8, 4) is 0 Å². The third-order valence-electron chi connectivity index (χ3n) is 9.49. The van der Waals surface area contributed by atoms with Crippen molar-refractivity contribution >= 4 is 79.9 Å². The lowest BCUT2D eigenvalue weighted by atomic mass is 9.37. The summed E-state index contributed by atoms with van der Waals surface area (Å²) in [5, 5.41) is 5.08. The molecule has 0 spiro atoms. The third kappa shape index (κ3) is 6.26. The molecule has 0 saturated carbocycles. The molecule has 0 radical (unpaired) electrons. The Morgan fingerprint density at radius 2 is 0.562 bits per heavy atom. The van der Waals surface area contributed by atoms with E-state index in [0.29, 0.717) is 0 Å². The van der Waals surface area contributed by atoms with E-state index in [9.17, 15) is 0 Å². The van der Waals surface area contributed by atoms with Gasteiger partial charge >= 0.3 is 0 Å². The van der Waals surface area contributed by atoms with E-state index in [1.807, 2.05) is 0 Å². The van der Waals surface area contributed by atoms with Crippen LogP contribution in [-0.2, 0) is 0 Å². The molecule has 8 aromatic rings. The van der Waals surface area contributed by atoms with Crippen LogP contribution in [0.3, 0.4) is 0 Å². The van der Waals surface area contributed by atoms with Gasteiger partial charge in [0.2, 0.25) is 13.4 Å². The summed E-state index contributed by atoms with van der Waals surface area (Å²) in [6.45, 7) is 0.336. The minimum Gasteiger partial charge on any atom is -0.0687 e. The van der Waals surface area contributed by atoms with Gasteiger partial charge in [0.1, 0.15) is 0 Å². The second kappa shape index (κ2) is 13.5. The van der Waals surface area contributed by atoms with Crippen LogP contribution in [0.1, 0.15) is 11.1 Å². The zero-order valence-electron chi connectivity index (χ0n) is 26.8. The maximum Gasteiger partial charge on any atom is 0.241 e. The molecule has 0 heterocycles. The second-order valence-corrected chi connectivity index (χ2v) is 12.6. The highest BCUT2D eigenvalue weighted by molar-refractivity contribution is 6.96. The lowest BCUT2D eigenvalue weighted by molar-refractivity contribution is 1.67. The van der Waals surface area contributed by atoms with Crippen molar-refractivity contribution in [2.45, 2.75) is 0 Å². The van der Waals surface area contributed by atoms with Gasteiger partial charge < -0.3 is 0 Å². The molecule has 8 aromatic carbocycles.